The number of oxazole rings is 1. The average Bonchev–Trinajstić information content (AvgIpc) is 3.24. The second-order valence-electron chi connectivity index (χ2n) is 9.02. The van der Waals surface area contributed by atoms with Gasteiger partial charge in [-0.15, -0.1) is 0 Å². The Morgan fingerprint density at radius 3 is 3.10 bits per heavy atom. The molecule has 0 spiro atoms. The number of allylic oxidation sites excluding steroid dienone is 2. The molecule has 1 saturated carbocycles. The van der Waals surface area contributed by atoms with E-state index in [1.54, 1.807) is 37.4 Å². The Labute approximate surface area is 175 Å². The summed E-state index contributed by atoms with van der Waals surface area (Å²) in [7, 11) is 0. The van der Waals surface area contributed by atoms with Crippen molar-refractivity contribution in [2.75, 3.05) is 5.32 Å². The minimum absolute atomic E-state index is 0.00835. The fraction of sp³-hybridized carbons (Fsp3) is 0.375. The summed E-state index contributed by atoms with van der Waals surface area (Å²) < 4.78 is 5.77. The van der Waals surface area contributed by atoms with Gasteiger partial charge >= 0.3 is 0 Å². The number of nitrogens with zero attached hydrogens (tertiary/aromatic N) is 2. The maximum absolute atomic E-state index is 12.9. The summed E-state index contributed by atoms with van der Waals surface area (Å²) in [5.41, 5.74) is 4.33. The van der Waals surface area contributed by atoms with Crippen molar-refractivity contribution in [2.24, 2.45) is 11.3 Å². The van der Waals surface area contributed by atoms with Crippen molar-refractivity contribution in [3.05, 3.63) is 47.7 Å². The van der Waals surface area contributed by atoms with E-state index in [0.29, 0.717) is 40.4 Å². The maximum Gasteiger partial charge on any atom is 0.232 e. The van der Waals surface area contributed by atoms with Gasteiger partial charge < -0.3 is 14.8 Å². The molecule has 0 saturated heterocycles. The number of phenols is 1. The molecule has 30 heavy (non-hydrogen) atoms. The van der Waals surface area contributed by atoms with Crippen LogP contribution in [0.3, 0.4) is 0 Å². The second-order valence-corrected chi connectivity index (χ2v) is 9.02. The SMILES string of the molecule is Cc1cc(NC(=O)CC23CC=C(CC(C)C2)C3)cc(-c2nc3ncccc3o2)c1O. The van der Waals surface area contributed by atoms with Gasteiger partial charge in [0.15, 0.2) is 11.2 Å². The first-order chi connectivity index (χ1) is 14.4. The van der Waals surface area contributed by atoms with E-state index in [-0.39, 0.29) is 23.0 Å². The molecule has 2 aliphatic carbocycles. The first-order valence-electron chi connectivity index (χ1n) is 10.4. The molecule has 1 fully saturated rings. The van der Waals surface area contributed by atoms with Crippen molar-refractivity contribution in [3.63, 3.8) is 0 Å². The number of aromatic nitrogens is 2. The van der Waals surface area contributed by atoms with Crippen LogP contribution >= 0.6 is 0 Å². The third-order valence-corrected chi connectivity index (χ3v) is 6.33. The summed E-state index contributed by atoms with van der Waals surface area (Å²) in [6.07, 6.45) is 8.79. The number of amides is 1. The molecule has 2 atom stereocenters. The molecule has 2 bridgehead atoms. The zero-order chi connectivity index (χ0) is 20.9. The molecular weight excluding hydrogens is 378 g/mol. The number of fused-ring (bicyclic) bond motifs is 3. The fourth-order valence-electron chi connectivity index (χ4n) is 5.21. The minimum Gasteiger partial charge on any atom is -0.507 e. The summed E-state index contributed by atoms with van der Waals surface area (Å²) in [5.74, 6) is 1.01. The molecule has 6 heteroatoms. The van der Waals surface area contributed by atoms with Gasteiger partial charge in [-0.3, -0.25) is 4.79 Å². The molecule has 0 aliphatic heterocycles. The third kappa shape index (κ3) is 3.36. The molecule has 1 aromatic carbocycles. The van der Waals surface area contributed by atoms with Gasteiger partial charge in [-0.25, -0.2) is 4.98 Å². The Morgan fingerprint density at radius 2 is 2.27 bits per heavy atom. The predicted molar refractivity (Wildman–Crippen MR) is 115 cm³/mol. The van der Waals surface area contributed by atoms with Crippen LogP contribution in [0.25, 0.3) is 22.7 Å². The first kappa shape index (κ1) is 18.9. The Hall–Kier alpha value is -3.15. The number of rotatable bonds is 4. The topological polar surface area (TPSA) is 88.3 Å². The molecule has 2 aliphatic rings. The highest BCUT2D eigenvalue weighted by Gasteiger charge is 2.41. The molecule has 2 N–H and O–H groups in total. The van der Waals surface area contributed by atoms with Crippen molar-refractivity contribution >= 4 is 22.8 Å². The lowest BCUT2D eigenvalue weighted by atomic mass is 9.69. The molecule has 5 rings (SSSR count). The zero-order valence-electron chi connectivity index (χ0n) is 17.2. The lowest BCUT2D eigenvalue weighted by molar-refractivity contribution is -0.118. The van der Waals surface area contributed by atoms with Crippen molar-refractivity contribution in [1.82, 2.24) is 9.97 Å². The Bertz CT molecular complexity index is 1150. The van der Waals surface area contributed by atoms with E-state index in [1.807, 2.05) is 0 Å². The molecular formula is C24H25N3O3. The normalized spacial score (nSPS) is 22.9. The average molecular weight is 403 g/mol. The van der Waals surface area contributed by atoms with E-state index in [9.17, 15) is 9.90 Å². The minimum atomic E-state index is 0.00835. The smallest absolute Gasteiger partial charge is 0.232 e. The van der Waals surface area contributed by atoms with Crippen LogP contribution in [0.15, 0.2) is 46.5 Å². The lowest BCUT2D eigenvalue weighted by Gasteiger charge is -2.35. The van der Waals surface area contributed by atoms with Gasteiger partial charge in [-0.2, -0.15) is 4.98 Å². The quantitative estimate of drug-likeness (QED) is 0.452. The molecule has 2 aromatic heterocycles. The van der Waals surface area contributed by atoms with Crippen molar-refractivity contribution in [1.29, 1.82) is 0 Å². The summed E-state index contributed by atoms with van der Waals surface area (Å²) in [4.78, 5) is 21.5. The lowest BCUT2D eigenvalue weighted by Crippen LogP contribution is -2.30. The number of aryl methyl sites for hydroxylation is 1. The number of hydrogen-bond donors (Lipinski definition) is 2. The van der Waals surface area contributed by atoms with Crippen LogP contribution in [0.2, 0.25) is 0 Å². The number of carbonyl (C=O) groups is 1. The Balaban J connectivity index is 1.39. The second kappa shape index (κ2) is 6.97. The van der Waals surface area contributed by atoms with Gasteiger partial charge in [0.1, 0.15) is 5.75 Å². The van der Waals surface area contributed by atoms with Gasteiger partial charge in [-0.1, -0.05) is 18.6 Å². The monoisotopic (exact) mass is 403 g/mol. The molecule has 2 heterocycles. The van der Waals surface area contributed by atoms with Gasteiger partial charge in [0.05, 0.1) is 5.56 Å². The Morgan fingerprint density at radius 1 is 1.40 bits per heavy atom. The van der Waals surface area contributed by atoms with Gasteiger partial charge in [0.2, 0.25) is 11.8 Å². The highest BCUT2D eigenvalue weighted by molar-refractivity contribution is 5.92. The molecule has 6 nitrogen and oxygen atoms in total. The van der Waals surface area contributed by atoms with Crippen molar-refractivity contribution in [3.8, 4) is 17.2 Å². The number of hydrogen-bond acceptors (Lipinski definition) is 5. The number of benzene rings is 1. The van der Waals surface area contributed by atoms with E-state index in [4.69, 9.17) is 4.42 Å². The van der Waals surface area contributed by atoms with Gasteiger partial charge in [0.25, 0.3) is 0 Å². The molecule has 0 radical (unpaired) electrons. The third-order valence-electron chi connectivity index (χ3n) is 6.33. The van der Waals surface area contributed by atoms with E-state index in [1.165, 1.54) is 12.0 Å². The maximum atomic E-state index is 12.9. The van der Waals surface area contributed by atoms with Crippen LogP contribution in [0.4, 0.5) is 5.69 Å². The van der Waals surface area contributed by atoms with Gasteiger partial charge in [-0.05, 0) is 73.8 Å². The predicted octanol–water partition coefficient (Wildman–Crippen LogP) is 5.37. The number of aromatic hydroxyl groups is 1. The number of carbonyl (C=O) groups excluding carboxylic acids is 1. The van der Waals surface area contributed by atoms with Crippen LogP contribution in [0, 0.1) is 18.3 Å². The molecule has 3 aromatic rings. The number of nitrogens with one attached hydrogen (secondary N) is 1. The van der Waals surface area contributed by atoms with Crippen LogP contribution < -0.4 is 5.32 Å². The largest absolute Gasteiger partial charge is 0.507 e. The summed E-state index contributed by atoms with van der Waals surface area (Å²) in [5, 5.41) is 13.6. The van der Waals surface area contributed by atoms with Crippen molar-refractivity contribution in [2.45, 2.75) is 46.0 Å². The van der Waals surface area contributed by atoms with Crippen LogP contribution in [0.5, 0.6) is 5.75 Å². The number of anilines is 1. The van der Waals surface area contributed by atoms with Crippen LogP contribution in [-0.4, -0.2) is 21.0 Å². The number of phenolic OH excluding ortho intramolecular Hbond substituents is 1. The summed E-state index contributed by atoms with van der Waals surface area (Å²) >= 11 is 0. The van der Waals surface area contributed by atoms with E-state index in [2.05, 4.69) is 28.3 Å². The highest BCUT2D eigenvalue weighted by atomic mass is 16.4. The van der Waals surface area contributed by atoms with Crippen LogP contribution in [0.1, 0.15) is 44.6 Å². The van der Waals surface area contributed by atoms with Gasteiger partial charge in [0, 0.05) is 18.3 Å². The molecule has 1 amide bonds. The zero-order valence-corrected chi connectivity index (χ0v) is 17.2. The molecule has 154 valence electrons. The van der Waals surface area contributed by atoms with E-state index >= 15 is 0 Å². The highest BCUT2D eigenvalue weighted by Crippen LogP contribution is 2.52. The summed E-state index contributed by atoms with van der Waals surface area (Å²) in [6, 6.07) is 7.04. The van der Waals surface area contributed by atoms with Crippen LogP contribution in [-0.2, 0) is 4.79 Å². The first-order valence-corrected chi connectivity index (χ1v) is 10.4. The number of pyridine rings is 1. The van der Waals surface area contributed by atoms with E-state index < -0.39 is 0 Å². The summed E-state index contributed by atoms with van der Waals surface area (Å²) in [6.45, 7) is 4.07. The Kier molecular flexibility index (Phi) is 4.38. The van der Waals surface area contributed by atoms with E-state index in [0.717, 1.165) is 19.3 Å². The fourth-order valence-corrected chi connectivity index (χ4v) is 5.21. The standard InChI is InChI=1S/C24H25N3O3/c1-14-8-16-5-6-24(11-14,12-16)13-20(28)26-17-9-15(2)21(29)18(10-17)23-27-22-19(30-23)4-3-7-25-22/h3-5,7,9-10,14,29H,6,8,11-13H2,1-2H3,(H,26,28). The molecule has 2 unspecified atom stereocenters. The van der Waals surface area contributed by atoms with Crippen molar-refractivity contribution < 1.29 is 14.3 Å².